The van der Waals surface area contributed by atoms with Crippen LogP contribution in [0.5, 0.6) is 5.75 Å². The number of benzene rings is 1. The van der Waals surface area contributed by atoms with Gasteiger partial charge < -0.3 is 15.4 Å². The molecule has 0 radical (unpaired) electrons. The number of aromatic nitrogens is 2. The van der Waals surface area contributed by atoms with Crippen LogP contribution >= 0.6 is 11.5 Å². The molecule has 0 bridgehead atoms. The summed E-state index contributed by atoms with van der Waals surface area (Å²) in [4.78, 5) is 23.3. The van der Waals surface area contributed by atoms with E-state index < -0.39 is 0 Å². The molecule has 124 valence electrons. The maximum atomic E-state index is 11.8. The topological polar surface area (TPSA) is 93.2 Å². The molecule has 2 aromatic rings. The van der Waals surface area contributed by atoms with Crippen molar-refractivity contribution in [2.45, 2.75) is 13.8 Å². The number of ether oxygens (including phenoxy) is 1. The molecule has 0 atom stereocenters. The lowest BCUT2D eigenvalue weighted by Gasteiger charge is -2.05. The van der Waals surface area contributed by atoms with Crippen LogP contribution in [0.4, 0.5) is 5.69 Å². The largest absolute Gasteiger partial charge is 0.481 e. The van der Waals surface area contributed by atoms with Crippen molar-refractivity contribution in [2.75, 3.05) is 18.5 Å². The Kier molecular flexibility index (Phi) is 6.28. The highest BCUT2D eigenvalue weighted by atomic mass is 32.1. The predicted molar refractivity (Wildman–Crippen MR) is 91.0 cm³/mol. The second-order valence-electron chi connectivity index (χ2n) is 4.72. The molecule has 0 fully saturated rings. The number of nitrogens with one attached hydrogen (secondary N) is 2. The summed E-state index contributed by atoms with van der Waals surface area (Å²) in [5.74, 6) is 5.83. The molecular formula is C16H16N4O3S. The summed E-state index contributed by atoms with van der Waals surface area (Å²) < 4.78 is 9.18. The second-order valence-corrected chi connectivity index (χ2v) is 5.48. The van der Waals surface area contributed by atoms with Crippen LogP contribution in [0.15, 0.2) is 24.3 Å². The Balaban J connectivity index is 1.75. The molecule has 0 aliphatic carbocycles. The first-order valence-corrected chi connectivity index (χ1v) is 7.87. The summed E-state index contributed by atoms with van der Waals surface area (Å²) in [7, 11) is 0. The lowest BCUT2D eigenvalue weighted by atomic mass is 10.3. The van der Waals surface area contributed by atoms with Crippen LogP contribution in [0.3, 0.4) is 0 Å². The highest BCUT2D eigenvalue weighted by Gasteiger charge is 2.11. The number of hydrogen-bond donors (Lipinski definition) is 2. The van der Waals surface area contributed by atoms with E-state index in [1.54, 1.807) is 31.2 Å². The molecule has 8 heteroatoms. The zero-order chi connectivity index (χ0) is 17.4. The van der Waals surface area contributed by atoms with Gasteiger partial charge in [0.05, 0.1) is 12.2 Å². The Hall–Kier alpha value is -2.92. The van der Waals surface area contributed by atoms with Gasteiger partial charge in [-0.3, -0.25) is 9.59 Å². The molecule has 7 nitrogen and oxygen atoms in total. The van der Waals surface area contributed by atoms with Gasteiger partial charge in [-0.1, -0.05) is 22.4 Å². The summed E-state index contributed by atoms with van der Waals surface area (Å²) in [5, 5.41) is 9.12. The molecule has 1 heterocycles. The SMILES string of the molecule is CC(=O)Nc1cccc(OCC#CCNC(=O)c2snnc2C)c1. The van der Waals surface area contributed by atoms with Gasteiger partial charge in [-0.2, -0.15) is 0 Å². The fourth-order valence-corrected chi connectivity index (χ4v) is 2.32. The van der Waals surface area contributed by atoms with E-state index in [9.17, 15) is 9.59 Å². The molecule has 2 amide bonds. The van der Waals surface area contributed by atoms with Crippen molar-refractivity contribution >= 4 is 29.0 Å². The minimum absolute atomic E-state index is 0.144. The van der Waals surface area contributed by atoms with Gasteiger partial charge in [0, 0.05) is 18.7 Å². The minimum Gasteiger partial charge on any atom is -0.481 e. The number of carbonyl (C=O) groups is 2. The number of aryl methyl sites for hydroxylation is 1. The molecular weight excluding hydrogens is 328 g/mol. The normalized spacial score (nSPS) is 9.58. The number of hydrogen-bond acceptors (Lipinski definition) is 6. The number of carbonyl (C=O) groups excluding carboxylic acids is 2. The van der Waals surface area contributed by atoms with E-state index in [-0.39, 0.29) is 25.0 Å². The van der Waals surface area contributed by atoms with Crippen molar-refractivity contribution in [1.82, 2.24) is 14.9 Å². The Morgan fingerprint density at radius 3 is 2.88 bits per heavy atom. The third-order valence-corrected chi connectivity index (χ3v) is 3.61. The number of amides is 2. The average Bonchev–Trinajstić information content (AvgIpc) is 2.96. The van der Waals surface area contributed by atoms with Crippen LogP contribution < -0.4 is 15.4 Å². The molecule has 0 saturated carbocycles. The first kappa shape index (κ1) is 17.4. The van der Waals surface area contributed by atoms with Gasteiger partial charge in [-0.25, -0.2) is 0 Å². The van der Waals surface area contributed by atoms with E-state index in [2.05, 4.69) is 32.1 Å². The Morgan fingerprint density at radius 2 is 2.17 bits per heavy atom. The van der Waals surface area contributed by atoms with Crippen LogP contribution in [0, 0.1) is 18.8 Å². The van der Waals surface area contributed by atoms with Gasteiger partial charge in [0.25, 0.3) is 5.91 Å². The molecule has 24 heavy (non-hydrogen) atoms. The third-order valence-electron chi connectivity index (χ3n) is 2.79. The van der Waals surface area contributed by atoms with E-state index in [1.165, 1.54) is 6.92 Å². The van der Waals surface area contributed by atoms with Crippen LogP contribution in [-0.2, 0) is 4.79 Å². The molecule has 1 aromatic carbocycles. The number of rotatable bonds is 5. The average molecular weight is 344 g/mol. The van der Waals surface area contributed by atoms with Gasteiger partial charge >= 0.3 is 0 Å². The minimum atomic E-state index is -0.235. The monoisotopic (exact) mass is 344 g/mol. The second kappa shape index (κ2) is 8.64. The predicted octanol–water partition coefficient (Wildman–Crippen LogP) is 1.62. The molecule has 0 aliphatic rings. The molecule has 0 unspecified atom stereocenters. The summed E-state index contributed by atoms with van der Waals surface area (Å²) in [6.45, 7) is 3.57. The van der Waals surface area contributed by atoms with Gasteiger partial charge in [0.15, 0.2) is 0 Å². The van der Waals surface area contributed by atoms with Crippen molar-refractivity contribution in [1.29, 1.82) is 0 Å². The van der Waals surface area contributed by atoms with Crippen molar-refractivity contribution in [2.24, 2.45) is 0 Å². The van der Waals surface area contributed by atoms with Crippen molar-refractivity contribution in [3.63, 3.8) is 0 Å². The Bertz CT molecular complexity index is 792. The molecule has 0 aliphatic heterocycles. The quantitative estimate of drug-likeness (QED) is 0.804. The van der Waals surface area contributed by atoms with Crippen molar-refractivity contribution in [3.8, 4) is 17.6 Å². The number of nitrogens with zero attached hydrogens (tertiary/aromatic N) is 2. The highest BCUT2D eigenvalue weighted by molar-refractivity contribution is 7.08. The summed E-state index contributed by atoms with van der Waals surface area (Å²) in [6.07, 6.45) is 0. The zero-order valence-corrected chi connectivity index (χ0v) is 14.1. The van der Waals surface area contributed by atoms with E-state index >= 15 is 0 Å². The Labute approximate surface area is 143 Å². The summed E-state index contributed by atoms with van der Waals surface area (Å²) in [5.41, 5.74) is 1.27. The fraction of sp³-hybridized carbons (Fsp3) is 0.250. The van der Waals surface area contributed by atoms with E-state index in [1.807, 2.05) is 0 Å². The molecule has 1 aromatic heterocycles. The van der Waals surface area contributed by atoms with Crippen LogP contribution in [-0.4, -0.2) is 34.6 Å². The van der Waals surface area contributed by atoms with Gasteiger partial charge in [-0.05, 0) is 30.6 Å². The van der Waals surface area contributed by atoms with Crippen LogP contribution in [0.25, 0.3) is 0 Å². The number of anilines is 1. The standard InChI is InChI=1S/C16H16N4O3S/c1-11-15(24-20-19-11)16(22)17-8-3-4-9-23-14-7-5-6-13(10-14)18-12(2)21/h5-7,10H,8-9H2,1-2H3,(H,17,22)(H,18,21). The lowest BCUT2D eigenvalue weighted by Crippen LogP contribution is -2.23. The molecule has 0 saturated heterocycles. The fourth-order valence-electron chi connectivity index (χ4n) is 1.74. The van der Waals surface area contributed by atoms with E-state index in [0.29, 0.717) is 22.0 Å². The van der Waals surface area contributed by atoms with Gasteiger partial charge in [0.2, 0.25) is 5.91 Å². The summed E-state index contributed by atoms with van der Waals surface area (Å²) >= 11 is 1.05. The maximum Gasteiger partial charge on any atom is 0.265 e. The highest BCUT2D eigenvalue weighted by Crippen LogP contribution is 2.16. The molecule has 2 N–H and O–H groups in total. The Morgan fingerprint density at radius 1 is 1.33 bits per heavy atom. The van der Waals surface area contributed by atoms with E-state index in [0.717, 1.165) is 11.5 Å². The third kappa shape index (κ3) is 5.37. The summed E-state index contributed by atoms with van der Waals surface area (Å²) in [6, 6.07) is 7.03. The van der Waals surface area contributed by atoms with Gasteiger partial charge in [-0.15, -0.1) is 5.10 Å². The smallest absolute Gasteiger partial charge is 0.265 e. The molecule has 0 spiro atoms. The van der Waals surface area contributed by atoms with Crippen LogP contribution in [0.1, 0.15) is 22.3 Å². The zero-order valence-electron chi connectivity index (χ0n) is 13.3. The first-order valence-electron chi connectivity index (χ1n) is 7.09. The maximum absolute atomic E-state index is 11.8. The lowest BCUT2D eigenvalue weighted by molar-refractivity contribution is -0.114. The van der Waals surface area contributed by atoms with Crippen molar-refractivity contribution in [3.05, 3.63) is 34.8 Å². The van der Waals surface area contributed by atoms with E-state index in [4.69, 9.17) is 4.74 Å². The first-order chi connectivity index (χ1) is 11.6. The van der Waals surface area contributed by atoms with Crippen LogP contribution in [0.2, 0.25) is 0 Å². The molecule has 2 rings (SSSR count). The van der Waals surface area contributed by atoms with Crippen molar-refractivity contribution < 1.29 is 14.3 Å². The van der Waals surface area contributed by atoms with Gasteiger partial charge in [0.1, 0.15) is 17.2 Å².